The number of carbonyl (C=O) groups is 2. The molecule has 0 spiro atoms. The maximum absolute atomic E-state index is 12.6. The lowest BCUT2D eigenvalue weighted by Gasteiger charge is -2.18. The van der Waals surface area contributed by atoms with Crippen LogP contribution in [0, 0.1) is 0 Å². The van der Waals surface area contributed by atoms with E-state index in [1.165, 1.54) is 10.5 Å². The second-order valence-corrected chi connectivity index (χ2v) is 6.42. The molecule has 5 nitrogen and oxygen atoms in total. The number of carbonyl (C=O) groups excluding carboxylic acids is 2. The Morgan fingerprint density at radius 1 is 0.962 bits per heavy atom. The molecule has 0 heterocycles. The van der Waals surface area contributed by atoms with Crippen molar-refractivity contribution in [2.75, 3.05) is 34.3 Å². The predicted octanol–water partition coefficient (Wildman–Crippen LogP) is 2.86. The van der Waals surface area contributed by atoms with Gasteiger partial charge in [-0.1, -0.05) is 36.4 Å². The lowest BCUT2D eigenvalue weighted by molar-refractivity contribution is -0.130. The third kappa shape index (κ3) is 5.92. The fourth-order valence-corrected chi connectivity index (χ4v) is 2.48. The molecule has 0 unspecified atom stereocenters. The van der Waals surface area contributed by atoms with E-state index < -0.39 is 0 Å². The molecule has 0 aromatic heterocycles. The summed E-state index contributed by atoms with van der Waals surface area (Å²) in [5.74, 6) is 0.339. The minimum Gasteiger partial charge on any atom is -0.484 e. The summed E-state index contributed by atoms with van der Waals surface area (Å²) in [5.41, 5.74) is 1.83. The standard InChI is InChI=1S/C21H26N2O3/c1-22(2)20(24)16-26-19-13-7-12-18(15-19)21(25)23(3)14-8-11-17-9-5-4-6-10-17/h4-7,9-10,12-13,15H,8,11,14,16H2,1-3H3. The first-order chi connectivity index (χ1) is 12.5. The molecule has 0 aliphatic carbocycles. The quantitative estimate of drug-likeness (QED) is 0.732. The van der Waals surface area contributed by atoms with Crippen molar-refractivity contribution in [2.24, 2.45) is 0 Å². The highest BCUT2D eigenvalue weighted by molar-refractivity contribution is 5.94. The van der Waals surface area contributed by atoms with E-state index in [-0.39, 0.29) is 18.4 Å². The van der Waals surface area contributed by atoms with Gasteiger partial charge in [0.05, 0.1) is 0 Å². The molecular formula is C21H26N2O3. The van der Waals surface area contributed by atoms with Gasteiger partial charge in [0, 0.05) is 33.3 Å². The lowest BCUT2D eigenvalue weighted by Crippen LogP contribution is -2.28. The molecule has 0 saturated carbocycles. The third-order valence-corrected chi connectivity index (χ3v) is 4.09. The van der Waals surface area contributed by atoms with Crippen LogP contribution < -0.4 is 4.74 Å². The van der Waals surface area contributed by atoms with Crippen molar-refractivity contribution < 1.29 is 14.3 Å². The number of hydrogen-bond donors (Lipinski definition) is 0. The number of aryl methyl sites for hydroxylation is 1. The van der Waals surface area contributed by atoms with Gasteiger partial charge < -0.3 is 14.5 Å². The Morgan fingerprint density at radius 2 is 1.69 bits per heavy atom. The van der Waals surface area contributed by atoms with E-state index in [9.17, 15) is 9.59 Å². The molecule has 2 amide bonds. The third-order valence-electron chi connectivity index (χ3n) is 4.09. The van der Waals surface area contributed by atoms with Gasteiger partial charge in [-0.25, -0.2) is 0 Å². The second-order valence-electron chi connectivity index (χ2n) is 6.42. The Morgan fingerprint density at radius 3 is 2.38 bits per heavy atom. The minimum absolute atomic E-state index is 0.0441. The molecule has 0 N–H and O–H groups in total. The van der Waals surface area contributed by atoms with E-state index in [1.807, 2.05) is 18.2 Å². The van der Waals surface area contributed by atoms with Crippen molar-refractivity contribution in [1.82, 2.24) is 9.80 Å². The summed E-state index contributed by atoms with van der Waals surface area (Å²) in [6.45, 7) is 0.634. The van der Waals surface area contributed by atoms with E-state index >= 15 is 0 Å². The molecule has 2 aromatic rings. The molecular weight excluding hydrogens is 328 g/mol. The molecule has 138 valence electrons. The van der Waals surface area contributed by atoms with Gasteiger partial charge in [-0.3, -0.25) is 9.59 Å². The van der Waals surface area contributed by atoms with Crippen LogP contribution in [0.2, 0.25) is 0 Å². The Balaban J connectivity index is 1.87. The number of likely N-dealkylation sites (N-methyl/N-ethyl adjacent to an activating group) is 1. The first-order valence-electron chi connectivity index (χ1n) is 8.70. The van der Waals surface area contributed by atoms with E-state index in [4.69, 9.17) is 4.74 Å². The van der Waals surface area contributed by atoms with Crippen LogP contribution in [0.5, 0.6) is 5.75 Å². The second kappa shape index (κ2) is 9.61. The Labute approximate surface area is 155 Å². The van der Waals surface area contributed by atoms with Crippen molar-refractivity contribution in [1.29, 1.82) is 0 Å². The van der Waals surface area contributed by atoms with Crippen molar-refractivity contribution >= 4 is 11.8 Å². The molecule has 0 fully saturated rings. The summed E-state index contributed by atoms with van der Waals surface area (Å²) < 4.78 is 5.48. The van der Waals surface area contributed by atoms with Gasteiger partial charge in [0.15, 0.2) is 6.61 Å². The average molecular weight is 354 g/mol. The molecule has 26 heavy (non-hydrogen) atoms. The topological polar surface area (TPSA) is 49.9 Å². The van der Waals surface area contributed by atoms with E-state index in [1.54, 1.807) is 50.3 Å². The Hall–Kier alpha value is -2.82. The fraction of sp³-hybridized carbons (Fsp3) is 0.333. The zero-order chi connectivity index (χ0) is 18.9. The summed E-state index contributed by atoms with van der Waals surface area (Å²) in [7, 11) is 5.16. The van der Waals surface area contributed by atoms with Crippen molar-refractivity contribution in [2.45, 2.75) is 12.8 Å². The molecule has 0 aliphatic rings. The van der Waals surface area contributed by atoms with Crippen LogP contribution in [-0.4, -0.2) is 55.9 Å². The molecule has 2 rings (SSSR count). The van der Waals surface area contributed by atoms with E-state index in [2.05, 4.69) is 12.1 Å². The van der Waals surface area contributed by atoms with Gasteiger partial charge in [0.25, 0.3) is 11.8 Å². The van der Waals surface area contributed by atoms with E-state index in [0.29, 0.717) is 17.9 Å². The van der Waals surface area contributed by atoms with Crippen LogP contribution in [0.15, 0.2) is 54.6 Å². The lowest BCUT2D eigenvalue weighted by atomic mass is 10.1. The van der Waals surface area contributed by atoms with Crippen molar-refractivity contribution in [3.05, 3.63) is 65.7 Å². The summed E-state index contributed by atoms with van der Waals surface area (Å²) in [6.07, 6.45) is 1.84. The number of benzene rings is 2. The molecule has 0 bridgehead atoms. The maximum Gasteiger partial charge on any atom is 0.259 e. The first kappa shape index (κ1) is 19.5. The molecule has 5 heteroatoms. The number of hydrogen-bond acceptors (Lipinski definition) is 3. The predicted molar refractivity (Wildman–Crippen MR) is 102 cm³/mol. The minimum atomic E-state index is -0.125. The number of rotatable bonds is 8. The van der Waals surface area contributed by atoms with Gasteiger partial charge in [-0.15, -0.1) is 0 Å². The number of amides is 2. The van der Waals surface area contributed by atoms with Crippen LogP contribution in [-0.2, 0) is 11.2 Å². The molecule has 0 aliphatic heterocycles. The summed E-state index contributed by atoms with van der Waals surface area (Å²) in [5, 5.41) is 0. The highest BCUT2D eigenvalue weighted by Crippen LogP contribution is 2.15. The van der Waals surface area contributed by atoms with Gasteiger partial charge in [-0.2, -0.15) is 0 Å². The molecule has 0 atom stereocenters. The van der Waals surface area contributed by atoms with Gasteiger partial charge in [-0.05, 0) is 36.6 Å². The SMILES string of the molecule is CN(C)C(=O)COc1cccc(C(=O)N(C)CCCc2ccccc2)c1. The summed E-state index contributed by atoms with van der Waals surface area (Å²) >= 11 is 0. The Bertz CT molecular complexity index is 729. The summed E-state index contributed by atoms with van der Waals surface area (Å²) in [6, 6.07) is 17.2. The van der Waals surface area contributed by atoms with Crippen LogP contribution in [0.1, 0.15) is 22.3 Å². The van der Waals surface area contributed by atoms with Crippen LogP contribution in [0.25, 0.3) is 0 Å². The zero-order valence-corrected chi connectivity index (χ0v) is 15.6. The highest BCUT2D eigenvalue weighted by Gasteiger charge is 2.13. The smallest absolute Gasteiger partial charge is 0.259 e. The highest BCUT2D eigenvalue weighted by atomic mass is 16.5. The molecule has 2 aromatic carbocycles. The fourth-order valence-electron chi connectivity index (χ4n) is 2.48. The largest absolute Gasteiger partial charge is 0.484 e. The molecule has 0 radical (unpaired) electrons. The van der Waals surface area contributed by atoms with Crippen molar-refractivity contribution in [3.63, 3.8) is 0 Å². The number of nitrogens with zero attached hydrogens (tertiary/aromatic N) is 2. The van der Waals surface area contributed by atoms with Crippen molar-refractivity contribution in [3.8, 4) is 5.75 Å². The van der Waals surface area contributed by atoms with Crippen LogP contribution >= 0.6 is 0 Å². The van der Waals surface area contributed by atoms with Gasteiger partial charge in [0.2, 0.25) is 0 Å². The maximum atomic E-state index is 12.6. The average Bonchev–Trinajstić information content (AvgIpc) is 2.66. The van der Waals surface area contributed by atoms with Crippen LogP contribution in [0.3, 0.4) is 0 Å². The summed E-state index contributed by atoms with van der Waals surface area (Å²) in [4.78, 5) is 27.4. The Kier molecular flexibility index (Phi) is 7.21. The van der Waals surface area contributed by atoms with Gasteiger partial charge in [0.1, 0.15) is 5.75 Å². The molecule has 0 saturated heterocycles. The monoisotopic (exact) mass is 354 g/mol. The first-order valence-corrected chi connectivity index (χ1v) is 8.70. The van der Waals surface area contributed by atoms with Crippen LogP contribution in [0.4, 0.5) is 0 Å². The van der Waals surface area contributed by atoms with Gasteiger partial charge >= 0.3 is 0 Å². The number of ether oxygens (including phenoxy) is 1. The van der Waals surface area contributed by atoms with E-state index in [0.717, 1.165) is 12.8 Å². The zero-order valence-electron chi connectivity index (χ0n) is 15.6. The normalized spacial score (nSPS) is 10.3.